The van der Waals surface area contributed by atoms with Crippen molar-refractivity contribution in [2.75, 3.05) is 0 Å². The lowest BCUT2D eigenvalue weighted by molar-refractivity contribution is 1.18. The molecule has 0 aliphatic rings. The molecule has 0 saturated heterocycles. The van der Waals surface area contributed by atoms with E-state index in [0.717, 1.165) is 39.5 Å². The number of nitrogens with zero attached hydrogens (tertiary/aromatic N) is 3. The van der Waals surface area contributed by atoms with Crippen molar-refractivity contribution in [3.05, 3.63) is 237 Å². The van der Waals surface area contributed by atoms with Gasteiger partial charge in [0.15, 0.2) is 0 Å². The Morgan fingerprint density at radius 2 is 0.613 bits per heavy atom. The summed E-state index contributed by atoms with van der Waals surface area (Å²) in [7, 11) is 0. The van der Waals surface area contributed by atoms with Gasteiger partial charge in [-0.3, -0.25) is 0 Å². The normalized spacial score (nSPS) is 11.5. The van der Waals surface area contributed by atoms with Gasteiger partial charge < -0.3 is 9.13 Å². The van der Waals surface area contributed by atoms with Crippen molar-refractivity contribution in [2.45, 2.75) is 0 Å². The van der Waals surface area contributed by atoms with E-state index in [9.17, 15) is 0 Å². The molecule has 0 aliphatic carbocycles. The Kier molecular flexibility index (Phi) is 8.50. The van der Waals surface area contributed by atoms with E-state index in [1.165, 1.54) is 71.4 Å². The SMILES string of the molecule is c1ccc(-c2ccc(-n3c4ccccc4c4ccc(-c5ccc6c(c5)c5ccccc5n6-c5ccc(-c6cc(-c7ccccc7)cc(-c7ccccc7)n6)cc5)cc43)cc2)cc1. The number of rotatable bonds is 7. The summed E-state index contributed by atoms with van der Waals surface area (Å²) < 4.78 is 4.80. The van der Waals surface area contributed by atoms with E-state index in [-0.39, 0.29) is 0 Å². The van der Waals surface area contributed by atoms with Crippen LogP contribution in [-0.2, 0) is 0 Å². The third-order valence-corrected chi connectivity index (χ3v) is 12.3. The van der Waals surface area contributed by atoms with Gasteiger partial charge in [-0.25, -0.2) is 4.98 Å². The minimum absolute atomic E-state index is 0.948. The fourth-order valence-electron chi connectivity index (χ4n) is 9.31. The van der Waals surface area contributed by atoms with Gasteiger partial charge in [0.1, 0.15) is 0 Å². The Morgan fingerprint density at radius 3 is 1.23 bits per heavy atom. The van der Waals surface area contributed by atoms with Crippen LogP contribution in [0.15, 0.2) is 237 Å². The first-order chi connectivity index (χ1) is 30.7. The van der Waals surface area contributed by atoms with Crippen molar-refractivity contribution >= 4 is 43.6 Å². The summed E-state index contributed by atoms with van der Waals surface area (Å²) in [5, 5.41) is 4.95. The van der Waals surface area contributed by atoms with Gasteiger partial charge in [0, 0.05) is 44.0 Å². The molecule has 0 amide bonds. The molecule has 0 spiro atoms. The summed E-state index contributed by atoms with van der Waals surface area (Å²) >= 11 is 0. The van der Waals surface area contributed by atoms with Crippen LogP contribution in [0.3, 0.4) is 0 Å². The monoisotopic (exact) mass is 789 g/mol. The van der Waals surface area contributed by atoms with E-state index in [4.69, 9.17) is 4.98 Å². The van der Waals surface area contributed by atoms with Crippen LogP contribution in [0.25, 0.3) is 111 Å². The standard InChI is InChI=1S/C59H39N3/c1-4-14-40(15-5-1)42-24-30-49(31-25-42)62-56-22-12-10-20-50(56)52-34-28-46(39-59(52)62)45-29-35-58-53(36-45)51-21-11-13-23-57(51)61(58)48-32-26-44(27-33-48)55-38-47(41-16-6-2-7-17-41)37-54(60-55)43-18-8-3-9-19-43/h1-39H. The third kappa shape index (κ3) is 6.10. The lowest BCUT2D eigenvalue weighted by Gasteiger charge is -2.12. The van der Waals surface area contributed by atoms with Crippen LogP contribution >= 0.6 is 0 Å². The molecule has 0 N–H and O–H groups in total. The highest BCUT2D eigenvalue weighted by Crippen LogP contribution is 2.39. The highest BCUT2D eigenvalue weighted by Gasteiger charge is 2.17. The van der Waals surface area contributed by atoms with Crippen molar-refractivity contribution in [1.29, 1.82) is 0 Å². The fourth-order valence-corrected chi connectivity index (χ4v) is 9.31. The Labute approximate surface area is 360 Å². The molecule has 3 heteroatoms. The molecule has 3 heterocycles. The molecule has 62 heavy (non-hydrogen) atoms. The maximum atomic E-state index is 5.19. The number of benzene rings is 9. The van der Waals surface area contributed by atoms with Gasteiger partial charge in [-0.15, -0.1) is 0 Å². The smallest absolute Gasteiger partial charge is 0.0715 e. The van der Waals surface area contributed by atoms with Gasteiger partial charge in [-0.2, -0.15) is 0 Å². The molecular weight excluding hydrogens is 751 g/mol. The number of para-hydroxylation sites is 2. The second-order valence-corrected chi connectivity index (χ2v) is 16.0. The van der Waals surface area contributed by atoms with Gasteiger partial charge in [0.2, 0.25) is 0 Å². The summed E-state index contributed by atoms with van der Waals surface area (Å²) in [6.07, 6.45) is 0. The molecule has 0 unspecified atom stereocenters. The van der Waals surface area contributed by atoms with Gasteiger partial charge in [-0.1, -0.05) is 170 Å². The maximum Gasteiger partial charge on any atom is 0.0715 e. The molecule has 0 atom stereocenters. The quantitative estimate of drug-likeness (QED) is 0.158. The van der Waals surface area contributed by atoms with E-state index in [2.05, 4.69) is 240 Å². The highest BCUT2D eigenvalue weighted by atomic mass is 15.0. The van der Waals surface area contributed by atoms with Crippen LogP contribution in [0.2, 0.25) is 0 Å². The lowest BCUT2D eigenvalue weighted by atomic mass is 10.00. The predicted octanol–water partition coefficient (Wildman–Crippen LogP) is 15.6. The van der Waals surface area contributed by atoms with Crippen LogP contribution in [0.1, 0.15) is 0 Å². The minimum atomic E-state index is 0.948. The molecule has 9 aromatic carbocycles. The fraction of sp³-hybridized carbons (Fsp3) is 0. The van der Waals surface area contributed by atoms with Crippen LogP contribution in [0.5, 0.6) is 0 Å². The number of aromatic nitrogens is 3. The number of fused-ring (bicyclic) bond motifs is 6. The third-order valence-electron chi connectivity index (χ3n) is 12.3. The van der Waals surface area contributed by atoms with E-state index < -0.39 is 0 Å². The zero-order valence-corrected chi connectivity index (χ0v) is 33.9. The van der Waals surface area contributed by atoms with Gasteiger partial charge in [0.25, 0.3) is 0 Å². The molecule has 0 bridgehead atoms. The first-order valence-electron chi connectivity index (χ1n) is 21.2. The molecule has 0 saturated carbocycles. The summed E-state index contributed by atoms with van der Waals surface area (Å²) in [5.74, 6) is 0. The molecular formula is C59H39N3. The zero-order valence-electron chi connectivity index (χ0n) is 33.9. The summed E-state index contributed by atoms with van der Waals surface area (Å²) in [5.41, 5.74) is 18.2. The summed E-state index contributed by atoms with van der Waals surface area (Å²) in [6, 6.07) is 85.2. The Balaban J connectivity index is 0.943. The number of hydrogen-bond donors (Lipinski definition) is 0. The van der Waals surface area contributed by atoms with Crippen molar-refractivity contribution in [3.63, 3.8) is 0 Å². The van der Waals surface area contributed by atoms with Crippen molar-refractivity contribution in [2.24, 2.45) is 0 Å². The molecule has 12 rings (SSSR count). The van der Waals surface area contributed by atoms with E-state index in [1.807, 2.05) is 6.07 Å². The van der Waals surface area contributed by atoms with Crippen LogP contribution < -0.4 is 0 Å². The van der Waals surface area contributed by atoms with E-state index in [1.54, 1.807) is 0 Å². The minimum Gasteiger partial charge on any atom is -0.309 e. The van der Waals surface area contributed by atoms with Crippen molar-refractivity contribution < 1.29 is 0 Å². The molecule has 290 valence electrons. The highest BCUT2D eigenvalue weighted by molar-refractivity contribution is 6.12. The zero-order chi connectivity index (χ0) is 41.0. The second kappa shape index (κ2) is 14.8. The molecule has 0 radical (unpaired) electrons. The molecule has 3 aromatic heterocycles. The van der Waals surface area contributed by atoms with Crippen molar-refractivity contribution in [1.82, 2.24) is 14.1 Å². The Hall–Kier alpha value is -8.27. The molecule has 12 aromatic rings. The van der Waals surface area contributed by atoms with Crippen molar-refractivity contribution in [3.8, 4) is 67.3 Å². The first-order valence-corrected chi connectivity index (χ1v) is 21.2. The lowest BCUT2D eigenvalue weighted by Crippen LogP contribution is -1.95. The number of pyridine rings is 1. The van der Waals surface area contributed by atoms with Crippen LogP contribution in [-0.4, -0.2) is 14.1 Å². The second-order valence-electron chi connectivity index (χ2n) is 16.0. The van der Waals surface area contributed by atoms with E-state index >= 15 is 0 Å². The summed E-state index contributed by atoms with van der Waals surface area (Å²) in [6.45, 7) is 0. The van der Waals surface area contributed by atoms with E-state index in [0.29, 0.717) is 0 Å². The predicted molar refractivity (Wildman–Crippen MR) is 260 cm³/mol. The Bertz CT molecular complexity index is 3520. The maximum absolute atomic E-state index is 5.19. The number of hydrogen-bond acceptors (Lipinski definition) is 1. The van der Waals surface area contributed by atoms with Crippen LogP contribution in [0.4, 0.5) is 0 Å². The van der Waals surface area contributed by atoms with Gasteiger partial charge >= 0.3 is 0 Å². The van der Waals surface area contributed by atoms with Crippen LogP contribution in [0, 0.1) is 0 Å². The average Bonchev–Trinajstić information content (AvgIpc) is 3.87. The topological polar surface area (TPSA) is 22.8 Å². The Morgan fingerprint density at radius 1 is 0.226 bits per heavy atom. The molecule has 0 aliphatic heterocycles. The summed E-state index contributed by atoms with van der Waals surface area (Å²) in [4.78, 5) is 5.19. The first kappa shape index (κ1) is 35.7. The largest absolute Gasteiger partial charge is 0.309 e. The van der Waals surface area contributed by atoms with Gasteiger partial charge in [-0.05, 0) is 100 Å². The average molecular weight is 790 g/mol. The molecule has 0 fully saturated rings. The molecule has 3 nitrogen and oxygen atoms in total. The van der Waals surface area contributed by atoms with Gasteiger partial charge in [0.05, 0.1) is 33.5 Å².